The Bertz CT molecular complexity index is 1120. The van der Waals surface area contributed by atoms with Gasteiger partial charge < -0.3 is 10.7 Å². The number of hydrogen-bond acceptors (Lipinski definition) is 3. The van der Waals surface area contributed by atoms with Gasteiger partial charge in [0.25, 0.3) is 0 Å². The van der Waals surface area contributed by atoms with E-state index in [2.05, 4.69) is 15.0 Å². The van der Waals surface area contributed by atoms with Crippen LogP contribution in [0.2, 0.25) is 0 Å². The number of benzene rings is 2. The van der Waals surface area contributed by atoms with Gasteiger partial charge in [0, 0.05) is 23.5 Å². The molecule has 0 aliphatic heterocycles. The Labute approximate surface area is 167 Å². The van der Waals surface area contributed by atoms with Gasteiger partial charge in [-0.15, -0.1) is 0 Å². The number of nitrogens with two attached hydrogens (primary N) is 1. The van der Waals surface area contributed by atoms with Gasteiger partial charge in [0.2, 0.25) is 5.95 Å². The van der Waals surface area contributed by atoms with E-state index in [9.17, 15) is 4.39 Å². The lowest BCUT2D eigenvalue weighted by molar-refractivity contribution is 0.631. The molecule has 4 rings (SSSR count). The standard InChI is InChI=1S/C22H19FN6/c23-18-9-5-4-8-17(18)20-19(16-10-12-26-13-11-16)27-22(28-20)29(21(24)25)14-15-6-2-1-3-7-15/h1-13H,14H2,(H3,24,25)(H,27,28). The highest BCUT2D eigenvalue weighted by Crippen LogP contribution is 2.33. The first-order valence-electron chi connectivity index (χ1n) is 9.04. The van der Waals surface area contributed by atoms with Crippen molar-refractivity contribution in [2.24, 2.45) is 5.73 Å². The molecule has 0 spiro atoms. The molecule has 0 amide bonds. The number of halogens is 1. The summed E-state index contributed by atoms with van der Waals surface area (Å²) in [6.07, 6.45) is 3.31. The van der Waals surface area contributed by atoms with Crippen LogP contribution < -0.4 is 10.6 Å². The van der Waals surface area contributed by atoms with Crippen molar-refractivity contribution in [3.63, 3.8) is 0 Å². The summed E-state index contributed by atoms with van der Waals surface area (Å²) in [6, 6.07) is 19.8. The second kappa shape index (κ2) is 7.93. The van der Waals surface area contributed by atoms with Gasteiger partial charge in [-0.2, -0.15) is 0 Å². The van der Waals surface area contributed by atoms with Gasteiger partial charge in [0.15, 0.2) is 5.96 Å². The van der Waals surface area contributed by atoms with E-state index in [1.54, 1.807) is 47.6 Å². The molecule has 4 N–H and O–H groups in total. The fourth-order valence-corrected chi connectivity index (χ4v) is 3.11. The second-order valence-electron chi connectivity index (χ2n) is 6.46. The van der Waals surface area contributed by atoms with Crippen molar-refractivity contribution in [1.82, 2.24) is 15.0 Å². The number of hydrogen-bond donors (Lipinski definition) is 3. The fourth-order valence-electron chi connectivity index (χ4n) is 3.11. The summed E-state index contributed by atoms with van der Waals surface area (Å²) >= 11 is 0. The third-order valence-corrected chi connectivity index (χ3v) is 4.52. The summed E-state index contributed by atoms with van der Waals surface area (Å²) in [5, 5.41) is 8.03. The molecule has 0 atom stereocenters. The molecule has 0 radical (unpaired) electrons. The Balaban J connectivity index is 1.84. The Morgan fingerprint density at radius 1 is 1.00 bits per heavy atom. The Morgan fingerprint density at radius 2 is 1.69 bits per heavy atom. The molecule has 2 aromatic carbocycles. The first-order valence-corrected chi connectivity index (χ1v) is 9.04. The SMILES string of the molecule is N=C(N)N(Cc1ccccc1)c1nc(-c2ccncc2)c(-c2ccccc2F)[nH]1. The lowest BCUT2D eigenvalue weighted by Gasteiger charge is -2.19. The van der Waals surface area contributed by atoms with Crippen LogP contribution in [-0.4, -0.2) is 20.9 Å². The van der Waals surface area contributed by atoms with E-state index in [0.29, 0.717) is 29.4 Å². The third-order valence-electron chi connectivity index (χ3n) is 4.52. The molecular formula is C22H19FN6. The highest BCUT2D eigenvalue weighted by Gasteiger charge is 2.21. The largest absolute Gasteiger partial charge is 0.370 e. The summed E-state index contributed by atoms with van der Waals surface area (Å²) in [6.45, 7) is 0.357. The second-order valence-corrected chi connectivity index (χ2v) is 6.46. The lowest BCUT2D eigenvalue weighted by Crippen LogP contribution is -2.36. The molecular weight excluding hydrogens is 367 g/mol. The maximum atomic E-state index is 14.5. The van der Waals surface area contributed by atoms with Gasteiger partial charge in [-0.25, -0.2) is 9.37 Å². The number of H-pyrrole nitrogens is 1. The number of nitrogens with one attached hydrogen (secondary N) is 2. The number of nitrogens with zero attached hydrogens (tertiary/aromatic N) is 3. The number of aromatic nitrogens is 3. The van der Waals surface area contributed by atoms with Crippen molar-refractivity contribution in [1.29, 1.82) is 5.41 Å². The topological polar surface area (TPSA) is 94.7 Å². The predicted molar refractivity (Wildman–Crippen MR) is 112 cm³/mol. The molecule has 7 heteroatoms. The molecule has 2 heterocycles. The van der Waals surface area contributed by atoms with Crippen molar-refractivity contribution in [2.75, 3.05) is 4.90 Å². The van der Waals surface area contributed by atoms with Gasteiger partial charge in [-0.05, 0) is 29.8 Å². The number of rotatable bonds is 5. The Morgan fingerprint density at radius 3 is 2.38 bits per heavy atom. The molecule has 0 saturated carbocycles. The molecule has 29 heavy (non-hydrogen) atoms. The molecule has 144 valence electrons. The fraction of sp³-hybridized carbons (Fsp3) is 0.0455. The average Bonchev–Trinajstić information content (AvgIpc) is 3.18. The van der Waals surface area contributed by atoms with E-state index in [4.69, 9.17) is 11.1 Å². The molecule has 0 saturated heterocycles. The average molecular weight is 386 g/mol. The predicted octanol–water partition coefficient (Wildman–Crippen LogP) is 4.18. The first-order chi connectivity index (χ1) is 14.1. The lowest BCUT2D eigenvalue weighted by atomic mass is 10.1. The maximum Gasteiger partial charge on any atom is 0.211 e. The van der Waals surface area contributed by atoms with Crippen LogP contribution in [0.25, 0.3) is 22.5 Å². The minimum atomic E-state index is -0.365. The zero-order chi connectivity index (χ0) is 20.2. The molecule has 6 nitrogen and oxygen atoms in total. The minimum absolute atomic E-state index is 0.163. The van der Waals surface area contributed by atoms with Crippen LogP contribution in [0.3, 0.4) is 0 Å². The highest BCUT2D eigenvalue weighted by atomic mass is 19.1. The van der Waals surface area contributed by atoms with Crippen LogP contribution in [0.1, 0.15) is 5.56 Å². The van der Waals surface area contributed by atoms with Crippen LogP contribution in [0.4, 0.5) is 10.3 Å². The van der Waals surface area contributed by atoms with E-state index >= 15 is 0 Å². The van der Waals surface area contributed by atoms with Crippen LogP contribution in [-0.2, 0) is 6.54 Å². The van der Waals surface area contributed by atoms with Gasteiger partial charge >= 0.3 is 0 Å². The van der Waals surface area contributed by atoms with Crippen molar-refractivity contribution in [2.45, 2.75) is 6.54 Å². The summed E-state index contributed by atoms with van der Waals surface area (Å²) < 4.78 is 14.5. The number of aromatic amines is 1. The van der Waals surface area contributed by atoms with E-state index in [1.165, 1.54) is 6.07 Å². The van der Waals surface area contributed by atoms with Gasteiger partial charge in [-0.1, -0.05) is 42.5 Å². The molecule has 4 aromatic rings. The number of guanidine groups is 1. The minimum Gasteiger partial charge on any atom is -0.370 e. The molecule has 0 bridgehead atoms. The van der Waals surface area contributed by atoms with Crippen molar-refractivity contribution in [3.8, 4) is 22.5 Å². The van der Waals surface area contributed by atoms with Crippen molar-refractivity contribution in [3.05, 3.63) is 90.5 Å². The van der Waals surface area contributed by atoms with Crippen LogP contribution in [0.15, 0.2) is 79.1 Å². The molecule has 0 aliphatic rings. The van der Waals surface area contributed by atoms with E-state index in [-0.39, 0.29) is 11.8 Å². The monoisotopic (exact) mass is 386 g/mol. The van der Waals surface area contributed by atoms with E-state index in [0.717, 1.165) is 11.1 Å². The first kappa shape index (κ1) is 18.4. The number of pyridine rings is 1. The summed E-state index contributed by atoms with van der Waals surface area (Å²) in [4.78, 5) is 13.4. The summed E-state index contributed by atoms with van der Waals surface area (Å²) in [7, 11) is 0. The number of anilines is 1. The van der Waals surface area contributed by atoms with Gasteiger partial charge in [0.1, 0.15) is 5.82 Å². The van der Waals surface area contributed by atoms with Crippen LogP contribution in [0.5, 0.6) is 0 Å². The molecule has 0 fully saturated rings. The summed E-state index contributed by atoms with van der Waals surface area (Å²) in [5.74, 6) is -0.161. The smallest absolute Gasteiger partial charge is 0.211 e. The quantitative estimate of drug-likeness (QED) is 0.354. The maximum absolute atomic E-state index is 14.5. The summed E-state index contributed by atoms with van der Waals surface area (Å²) in [5.41, 5.74) is 9.07. The number of imidazole rings is 1. The van der Waals surface area contributed by atoms with E-state index in [1.807, 2.05) is 30.3 Å². The third kappa shape index (κ3) is 3.84. The highest BCUT2D eigenvalue weighted by molar-refractivity contribution is 5.92. The zero-order valence-corrected chi connectivity index (χ0v) is 15.5. The van der Waals surface area contributed by atoms with Gasteiger partial charge in [0.05, 0.1) is 17.9 Å². The normalized spacial score (nSPS) is 10.7. The van der Waals surface area contributed by atoms with Crippen molar-refractivity contribution < 1.29 is 4.39 Å². The molecule has 2 aromatic heterocycles. The zero-order valence-electron chi connectivity index (χ0n) is 15.5. The Kier molecular flexibility index (Phi) is 5.03. The van der Waals surface area contributed by atoms with Crippen LogP contribution in [0, 0.1) is 11.2 Å². The van der Waals surface area contributed by atoms with E-state index < -0.39 is 0 Å². The van der Waals surface area contributed by atoms with Crippen LogP contribution >= 0.6 is 0 Å². The van der Waals surface area contributed by atoms with Crippen molar-refractivity contribution >= 4 is 11.9 Å². The molecule has 0 aliphatic carbocycles. The molecule has 0 unspecified atom stereocenters. The van der Waals surface area contributed by atoms with Gasteiger partial charge in [-0.3, -0.25) is 15.3 Å². The Hall–Kier alpha value is -4.00.